The summed E-state index contributed by atoms with van der Waals surface area (Å²) in [6, 6.07) is 0.680. The second-order valence-corrected chi connectivity index (χ2v) is 5.71. The van der Waals surface area contributed by atoms with Crippen molar-refractivity contribution in [1.29, 1.82) is 0 Å². The lowest BCUT2D eigenvalue weighted by Crippen LogP contribution is -2.38. The monoisotopic (exact) mass is 223 g/mol. The second kappa shape index (κ2) is 5.81. The number of hydrogen-bond acceptors (Lipinski definition) is 2. The quantitative estimate of drug-likeness (QED) is 0.733. The van der Waals surface area contributed by atoms with E-state index in [1.54, 1.807) is 0 Å². The van der Waals surface area contributed by atoms with Crippen LogP contribution in [0.15, 0.2) is 0 Å². The van der Waals surface area contributed by atoms with E-state index in [0.29, 0.717) is 11.8 Å². The molecule has 0 aromatic carbocycles. The van der Waals surface area contributed by atoms with Crippen LogP contribution in [-0.4, -0.2) is 30.3 Å². The molecule has 16 heavy (non-hydrogen) atoms. The third-order valence-electron chi connectivity index (χ3n) is 4.41. The molecule has 0 saturated heterocycles. The zero-order chi connectivity index (χ0) is 11.4. The van der Waals surface area contributed by atoms with Crippen LogP contribution in [0.1, 0.15) is 57.8 Å². The predicted molar refractivity (Wildman–Crippen MR) is 66.5 cm³/mol. The minimum atomic E-state index is 0.474. The van der Waals surface area contributed by atoms with Gasteiger partial charge in [-0.25, -0.2) is 0 Å². The molecule has 2 aliphatic rings. The summed E-state index contributed by atoms with van der Waals surface area (Å²) in [5, 5.41) is 0. The molecular formula is C14H25NO. The number of rotatable bonds is 3. The molecule has 2 rings (SSSR count). The molecule has 92 valence electrons. The Bertz CT molecular complexity index is 223. The molecule has 2 nitrogen and oxygen atoms in total. The Balaban J connectivity index is 1.73. The van der Waals surface area contributed by atoms with Gasteiger partial charge in [0, 0.05) is 25.4 Å². The van der Waals surface area contributed by atoms with E-state index >= 15 is 0 Å². The van der Waals surface area contributed by atoms with Gasteiger partial charge in [0.25, 0.3) is 0 Å². The summed E-state index contributed by atoms with van der Waals surface area (Å²) in [4.78, 5) is 13.7. The second-order valence-electron chi connectivity index (χ2n) is 5.71. The van der Waals surface area contributed by atoms with Gasteiger partial charge in [-0.2, -0.15) is 0 Å². The van der Waals surface area contributed by atoms with E-state index in [2.05, 4.69) is 11.9 Å². The number of nitrogens with zero attached hydrogens (tertiary/aromatic N) is 1. The highest BCUT2D eigenvalue weighted by Gasteiger charge is 2.24. The third kappa shape index (κ3) is 3.31. The van der Waals surface area contributed by atoms with E-state index in [1.807, 2.05) is 0 Å². The van der Waals surface area contributed by atoms with Crippen LogP contribution in [0.4, 0.5) is 0 Å². The first-order chi connectivity index (χ1) is 7.75. The zero-order valence-corrected chi connectivity index (χ0v) is 10.6. The molecule has 2 saturated carbocycles. The molecule has 2 fully saturated rings. The van der Waals surface area contributed by atoms with Crippen LogP contribution >= 0.6 is 0 Å². The zero-order valence-electron chi connectivity index (χ0n) is 10.6. The van der Waals surface area contributed by atoms with Gasteiger partial charge in [-0.1, -0.05) is 19.3 Å². The van der Waals surface area contributed by atoms with Crippen molar-refractivity contribution in [2.24, 2.45) is 5.92 Å². The Morgan fingerprint density at radius 1 is 1.06 bits per heavy atom. The van der Waals surface area contributed by atoms with Crippen LogP contribution < -0.4 is 0 Å². The molecule has 0 aliphatic heterocycles. The number of carbonyl (C=O) groups excluding carboxylic acids is 1. The minimum Gasteiger partial charge on any atom is -0.303 e. The summed E-state index contributed by atoms with van der Waals surface area (Å²) >= 11 is 0. The van der Waals surface area contributed by atoms with E-state index in [9.17, 15) is 4.79 Å². The van der Waals surface area contributed by atoms with Gasteiger partial charge < -0.3 is 4.90 Å². The molecular weight excluding hydrogens is 198 g/mol. The normalized spacial score (nSPS) is 25.2. The number of carbonyl (C=O) groups is 1. The fourth-order valence-electron chi connectivity index (χ4n) is 3.29. The molecule has 2 aliphatic carbocycles. The van der Waals surface area contributed by atoms with Crippen molar-refractivity contribution in [3.63, 3.8) is 0 Å². The predicted octanol–water partition coefficient (Wildman–Crippen LogP) is 3.01. The standard InChI is InChI=1S/C14H25NO/c1-15(11-12-5-3-2-4-6-12)13-7-9-14(16)10-8-13/h12-13H,2-11H2,1H3. The van der Waals surface area contributed by atoms with Crippen LogP contribution in [0.25, 0.3) is 0 Å². The van der Waals surface area contributed by atoms with E-state index < -0.39 is 0 Å². The molecule has 2 heteroatoms. The molecule has 0 N–H and O–H groups in total. The molecule has 0 amide bonds. The molecule has 0 aromatic rings. The largest absolute Gasteiger partial charge is 0.303 e. The van der Waals surface area contributed by atoms with E-state index in [-0.39, 0.29) is 0 Å². The molecule has 0 atom stereocenters. The van der Waals surface area contributed by atoms with E-state index in [4.69, 9.17) is 0 Å². The van der Waals surface area contributed by atoms with Crippen molar-refractivity contribution in [2.45, 2.75) is 63.8 Å². The third-order valence-corrected chi connectivity index (χ3v) is 4.41. The van der Waals surface area contributed by atoms with Crippen LogP contribution in [0, 0.1) is 5.92 Å². The average molecular weight is 223 g/mol. The first kappa shape index (κ1) is 12.1. The summed E-state index contributed by atoms with van der Waals surface area (Å²) in [5.41, 5.74) is 0. The molecule has 0 heterocycles. The van der Waals surface area contributed by atoms with Crippen LogP contribution in [-0.2, 0) is 4.79 Å². The van der Waals surface area contributed by atoms with Gasteiger partial charge >= 0.3 is 0 Å². The van der Waals surface area contributed by atoms with E-state index in [0.717, 1.165) is 31.6 Å². The Kier molecular flexibility index (Phi) is 4.39. The van der Waals surface area contributed by atoms with Gasteiger partial charge in [0.2, 0.25) is 0 Å². The van der Waals surface area contributed by atoms with Gasteiger partial charge in [0.05, 0.1) is 0 Å². The SMILES string of the molecule is CN(CC1CCCCC1)C1CCC(=O)CC1. The van der Waals surface area contributed by atoms with Crippen LogP contribution in [0.3, 0.4) is 0 Å². The lowest BCUT2D eigenvalue weighted by atomic mass is 9.87. The molecule has 0 unspecified atom stereocenters. The van der Waals surface area contributed by atoms with Crippen molar-refractivity contribution in [2.75, 3.05) is 13.6 Å². The van der Waals surface area contributed by atoms with Gasteiger partial charge in [0.15, 0.2) is 0 Å². The molecule has 0 radical (unpaired) electrons. The van der Waals surface area contributed by atoms with Crippen LogP contribution in [0.5, 0.6) is 0 Å². The summed E-state index contributed by atoms with van der Waals surface area (Å²) in [5.74, 6) is 1.40. The highest BCUT2D eigenvalue weighted by molar-refractivity contribution is 5.79. The first-order valence-electron chi connectivity index (χ1n) is 6.97. The van der Waals surface area contributed by atoms with Gasteiger partial charge in [0.1, 0.15) is 5.78 Å². The lowest BCUT2D eigenvalue weighted by molar-refractivity contribution is -0.121. The Morgan fingerprint density at radius 3 is 2.31 bits per heavy atom. The van der Waals surface area contributed by atoms with Crippen LogP contribution in [0.2, 0.25) is 0 Å². The maximum absolute atomic E-state index is 11.2. The smallest absolute Gasteiger partial charge is 0.133 e. The van der Waals surface area contributed by atoms with Crippen molar-refractivity contribution in [3.8, 4) is 0 Å². The highest BCUT2D eigenvalue weighted by atomic mass is 16.1. The minimum absolute atomic E-state index is 0.474. The summed E-state index contributed by atoms with van der Waals surface area (Å²) in [6.45, 7) is 1.26. The van der Waals surface area contributed by atoms with Gasteiger partial charge in [-0.05, 0) is 38.6 Å². The van der Waals surface area contributed by atoms with Crippen molar-refractivity contribution >= 4 is 5.78 Å². The molecule has 0 spiro atoms. The van der Waals surface area contributed by atoms with E-state index in [1.165, 1.54) is 38.6 Å². The van der Waals surface area contributed by atoms with Crippen molar-refractivity contribution < 1.29 is 4.79 Å². The fraction of sp³-hybridized carbons (Fsp3) is 0.929. The number of hydrogen-bond donors (Lipinski definition) is 0. The van der Waals surface area contributed by atoms with Crippen molar-refractivity contribution in [1.82, 2.24) is 4.90 Å². The summed E-state index contributed by atoms with van der Waals surface area (Å²) in [6.07, 6.45) is 11.0. The summed E-state index contributed by atoms with van der Waals surface area (Å²) < 4.78 is 0. The Hall–Kier alpha value is -0.370. The Morgan fingerprint density at radius 2 is 1.69 bits per heavy atom. The average Bonchev–Trinajstić information content (AvgIpc) is 2.31. The maximum Gasteiger partial charge on any atom is 0.133 e. The number of ketones is 1. The fourth-order valence-corrected chi connectivity index (χ4v) is 3.29. The first-order valence-corrected chi connectivity index (χ1v) is 6.97. The van der Waals surface area contributed by atoms with Gasteiger partial charge in [-0.3, -0.25) is 4.79 Å². The molecule has 0 bridgehead atoms. The topological polar surface area (TPSA) is 20.3 Å². The Labute approximate surface area is 99.4 Å². The van der Waals surface area contributed by atoms with Crippen molar-refractivity contribution in [3.05, 3.63) is 0 Å². The lowest BCUT2D eigenvalue weighted by Gasteiger charge is -2.34. The number of Topliss-reactive ketones (excluding diaryl/α,β-unsaturated/α-hetero) is 1. The van der Waals surface area contributed by atoms with Gasteiger partial charge in [-0.15, -0.1) is 0 Å². The maximum atomic E-state index is 11.2. The molecule has 0 aromatic heterocycles. The summed E-state index contributed by atoms with van der Waals surface area (Å²) in [7, 11) is 2.26. The highest BCUT2D eigenvalue weighted by Crippen LogP contribution is 2.26.